The molecule has 0 radical (unpaired) electrons. The standard InChI is InChI=1S/C19H20Br2N2O2/c1-19(2,3)14-7-5-12(6-8-14)18(24)23-22-11-13-9-15(20)10-16(21)17(13)25-4/h5-11H,1-4H3,(H,23,24)/b22-11-. The van der Waals surface area contributed by atoms with Crippen molar-refractivity contribution in [3.63, 3.8) is 0 Å². The van der Waals surface area contributed by atoms with Crippen LogP contribution in [0.25, 0.3) is 0 Å². The van der Waals surface area contributed by atoms with E-state index in [1.807, 2.05) is 36.4 Å². The summed E-state index contributed by atoms with van der Waals surface area (Å²) in [5.41, 5.74) is 5.08. The first-order valence-corrected chi connectivity index (χ1v) is 9.28. The van der Waals surface area contributed by atoms with Gasteiger partial charge in [-0.15, -0.1) is 0 Å². The van der Waals surface area contributed by atoms with E-state index in [1.54, 1.807) is 13.3 Å². The molecule has 0 heterocycles. The van der Waals surface area contributed by atoms with Gasteiger partial charge in [-0.2, -0.15) is 5.10 Å². The molecule has 2 aromatic carbocycles. The molecule has 4 nitrogen and oxygen atoms in total. The van der Waals surface area contributed by atoms with Crippen LogP contribution in [-0.4, -0.2) is 19.2 Å². The number of methoxy groups -OCH3 is 1. The molecule has 1 N–H and O–H groups in total. The van der Waals surface area contributed by atoms with Crippen molar-refractivity contribution in [2.75, 3.05) is 7.11 Å². The Morgan fingerprint density at radius 2 is 1.80 bits per heavy atom. The molecule has 2 rings (SSSR count). The van der Waals surface area contributed by atoms with Gasteiger partial charge in [-0.3, -0.25) is 4.79 Å². The average Bonchev–Trinajstić information content (AvgIpc) is 2.53. The predicted octanol–water partition coefficient (Wildman–Crippen LogP) is 5.28. The summed E-state index contributed by atoms with van der Waals surface area (Å²) in [5, 5.41) is 4.03. The Balaban J connectivity index is 2.11. The first-order chi connectivity index (χ1) is 11.7. The molecule has 0 unspecified atom stereocenters. The van der Waals surface area contributed by atoms with E-state index >= 15 is 0 Å². The number of rotatable bonds is 4. The van der Waals surface area contributed by atoms with E-state index in [2.05, 4.69) is 63.2 Å². The Bertz CT molecular complexity index is 794. The molecule has 0 aliphatic rings. The summed E-state index contributed by atoms with van der Waals surface area (Å²) in [7, 11) is 1.58. The van der Waals surface area contributed by atoms with Gasteiger partial charge in [0.1, 0.15) is 5.75 Å². The maximum atomic E-state index is 12.2. The molecule has 0 saturated heterocycles. The van der Waals surface area contributed by atoms with Gasteiger partial charge in [-0.25, -0.2) is 5.43 Å². The second-order valence-corrected chi connectivity index (χ2v) is 8.31. The fourth-order valence-electron chi connectivity index (χ4n) is 2.24. The van der Waals surface area contributed by atoms with E-state index in [-0.39, 0.29) is 11.3 Å². The second kappa shape index (κ2) is 8.15. The fourth-order valence-corrected chi connectivity index (χ4v) is 3.66. The minimum absolute atomic E-state index is 0.0534. The highest BCUT2D eigenvalue weighted by molar-refractivity contribution is 9.11. The lowest BCUT2D eigenvalue weighted by Gasteiger charge is -2.18. The van der Waals surface area contributed by atoms with Gasteiger partial charge >= 0.3 is 0 Å². The number of ether oxygens (including phenoxy) is 1. The van der Waals surface area contributed by atoms with Crippen molar-refractivity contribution in [2.24, 2.45) is 5.10 Å². The molecule has 0 aliphatic heterocycles. The zero-order valence-electron chi connectivity index (χ0n) is 14.6. The number of carbonyl (C=O) groups is 1. The lowest BCUT2D eigenvalue weighted by molar-refractivity contribution is 0.0955. The fraction of sp³-hybridized carbons (Fsp3) is 0.263. The number of nitrogens with zero attached hydrogens (tertiary/aromatic N) is 1. The van der Waals surface area contributed by atoms with Crippen LogP contribution in [0.15, 0.2) is 50.4 Å². The second-order valence-electron chi connectivity index (χ2n) is 6.54. The third kappa shape index (κ3) is 5.16. The SMILES string of the molecule is COc1c(Br)cc(Br)cc1/C=N\NC(=O)c1ccc(C(C)(C)C)cc1. The predicted molar refractivity (Wildman–Crippen MR) is 109 cm³/mol. The molecular formula is C19H20Br2N2O2. The quantitative estimate of drug-likeness (QED) is 0.491. The number of nitrogens with one attached hydrogen (secondary N) is 1. The highest BCUT2D eigenvalue weighted by Crippen LogP contribution is 2.31. The molecule has 2 aromatic rings. The summed E-state index contributed by atoms with van der Waals surface area (Å²) < 4.78 is 7.03. The van der Waals surface area contributed by atoms with Crippen molar-refractivity contribution in [2.45, 2.75) is 26.2 Å². The summed E-state index contributed by atoms with van der Waals surface area (Å²) >= 11 is 6.86. The zero-order valence-corrected chi connectivity index (χ0v) is 17.7. The Kier molecular flexibility index (Phi) is 6.41. The summed E-state index contributed by atoms with van der Waals surface area (Å²) in [4.78, 5) is 12.2. The minimum Gasteiger partial charge on any atom is -0.495 e. The van der Waals surface area contributed by atoms with Crippen molar-refractivity contribution in [3.05, 3.63) is 62.0 Å². The van der Waals surface area contributed by atoms with E-state index < -0.39 is 0 Å². The number of carbonyl (C=O) groups excluding carboxylic acids is 1. The number of halogens is 2. The van der Waals surface area contributed by atoms with Crippen molar-refractivity contribution in [3.8, 4) is 5.75 Å². The summed E-state index contributed by atoms with van der Waals surface area (Å²) in [6, 6.07) is 11.3. The Morgan fingerprint density at radius 1 is 1.16 bits per heavy atom. The monoisotopic (exact) mass is 466 g/mol. The van der Waals surface area contributed by atoms with Crippen LogP contribution < -0.4 is 10.2 Å². The number of hydrogen-bond acceptors (Lipinski definition) is 3. The smallest absolute Gasteiger partial charge is 0.271 e. The Labute approximate surface area is 164 Å². The van der Waals surface area contributed by atoms with Crippen LogP contribution in [0.2, 0.25) is 0 Å². The van der Waals surface area contributed by atoms with Crippen LogP contribution in [0.4, 0.5) is 0 Å². The molecule has 0 fully saturated rings. The van der Waals surface area contributed by atoms with Crippen molar-refractivity contribution >= 4 is 44.0 Å². The lowest BCUT2D eigenvalue weighted by Crippen LogP contribution is -2.18. The summed E-state index contributed by atoms with van der Waals surface area (Å²) in [6.45, 7) is 6.40. The largest absolute Gasteiger partial charge is 0.495 e. The van der Waals surface area contributed by atoms with Gasteiger partial charge in [-0.05, 0) is 51.2 Å². The maximum Gasteiger partial charge on any atom is 0.271 e. The molecule has 1 amide bonds. The van der Waals surface area contributed by atoms with Gasteiger partial charge in [0.2, 0.25) is 0 Å². The van der Waals surface area contributed by atoms with Crippen LogP contribution in [0.1, 0.15) is 42.3 Å². The molecule has 0 atom stereocenters. The van der Waals surface area contributed by atoms with Gasteiger partial charge in [0.15, 0.2) is 0 Å². The minimum atomic E-state index is -0.260. The van der Waals surface area contributed by atoms with Crippen LogP contribution in [0.5, 0.6) is 5.75 Å². The first-order valence-electron chi connectivity index (χ1n) is 7.69. The number of hydrogen-bond donors (Lipinski definition) is 1. The maximum absolute atomic E-state index is 12.2. The third-order valence-electron chi connectivity index (χ3n) is 3.62. The third-order valence-corrected chi connectivity index (χ3v) is 4.67. The van der Waals surface area contributed by atoms with Gasteiger partial charge in [0.25, 0.3) is 5.91 Å². The average molecular weight is 468 g/mol. The molecule has 132 valence electrons. The van der Waals surface area contributed by atoms with Crippen molar-refractivity contribution in [1.82, 2.24) is 5.43 Å². The highest BCUT2D eigenvalue weighted by atomic mass is 79.9. The van der Waals surface area contributed by atoms with Crippen LogP contribution in [0.3, 0.4) is 0 Å². The number of hydrazone groups is 1. The Morgan fingerprint density at radius 3 is 2.36 bits per heavy atom. The molecule has 0 spiro atoms. The number of amides is 1. The molecule has 0 aromatic heterocycles. The zero-order chi connectivity index (χ0) is 18.6. The van der Waals surface area contributed by atoms with Gasteiger partial charge < -0.3 is 4.74 Å². The lowest BCUT2D eigenvalue weighted by atomic mass is 9.87. The first kappa shape index (κ1) is 19.7. The summed E-state index contributed by atoms with van der Waals surface area (Å²) in [5.74, 6) is 0.389. The molecule has 0 saturated carbocycles. The van der Waals surface area contributed by atoms with Gasteiger partial charge in [0.05, 0.1) is 17.8 Å². The molecule has 0 bridgehead atoms. The molecule has 25 heavy (non-hydrogen) atoms. The number of benzene rings is 2. The van der Waals surface area contributed by atoms with E-state index in [9.17, 15) is 4.79 Å². The van der Waals surface area contributed by atoms with E-state index in [0.29, 0.717) is 11.3 Å². The van der Waals surface area contributed by atoms with Gasteiger partial charge in [0, 0.05) is 15.6 Å². The van der Waals surface area contributed by atoms with E-state index in [0.717, 1.165) is 14.5 Å². The molecule has 0 aliphatic carbocycles. The summed E-state index contributed by atoms with van der Waals surface area (Å²) in [6.07, 6.45) is 1.55. The van der Waals surface area contributed by atoms with Gasteiger partial charge in [-0.1, -0.05) is 48.8 Å². The molecular weight excluding hydrogens is 448 g/mol. The van der Waals surface area contributed by atoms with Crippen molar-refractivity contribution < 1.29 is 9.53 Å². The molecule has 6 heteroatoms. The van der Waals surface area contributed by atoms with Crippen LogP contribution in [0, 0.1) is 0 Å². The topological polar surface area (TPSA) is 50.7 Å². The highest BCUT2D eigenvalue weighted by Gasteiger charge is 2.14. The van der Waals surface area contributed by atoms with Crippen LogP contribution in [-0.2, 0) is 5.41 Å². The van der Waals surface area contributed by atoms with E-state index in [1.165, 1.54) is 5.56 Å². The van der Waals surface area contributed by atoms with Crippen molar-refractivity contribution in [1.29, 1.82) is 0 Å². The van der Waals surface area contributed by atoms with E-state index in [4.69, 9.17) is 4.74 Å². The van der Waals surface area contributed by atoms with Crippen LogP contribution >= 0.6 is 31.9 Å². The normalized spacial score (nSPS) is 11.6. The Hall–Kier alpha value is -1.66.